The first-order valence-electron chi connectivity index (χ1n) is 16.8. The monoisotopic (exact) mass is 670 g/mol. The molecule has 0 saturated heterocycles. The number of fused-ring (bicyclic) bond motifs is 4. The SMILES string of the molecule is Cc1ccc2cccc(NCc3c4oc5c(CNc6cccc7ccc(C)nc67)c(O)c(C)cc5c(-c5ccccc5C=O)c-4ccc3=O)c2n1. The molecular formula is C43H34N4O4. The maximum Gasteiger partial charge on any atom is 0.187 e. The fourth-order valence-electron chi connectivity index (χ4n) is 6.92. The van der Waals surface area contributed by atoms with E-state index in [1.165, 1.54) is 0 Å². The van der Waals surface area contributed by atoms with Gasteiger partial charge in [0.15, 0.2) is 11.7 Å². The summed E-state index contributed by atoms with van der Waals surface area (Å²) in [5.74, 6) is 0.446. The van der Waals surface area contributed by atoms with E-state index >= 15 is 0 Å². The Morgan fingerprint density at radius 1 is 0.706 bits per heavy atom. The number of phenolic OH excluding ortho intramolecular Hbond substituents is 1. The number of nitrogens with one attached hydrogen (secondary N) is 2. The number of pyridine rings is 2. The highest BCUT2D eigenvalue weighted by molar-refractivity contribution is 6.07. The number of aryl methyl sites for hydroxylation is 3. The molecule has 0 atom stereocenters. The molecule has 2 aliphatic rings. The van der Waals surface area contributed by atoms with Crippen LogP contribution in [0.3, 0.4) is 0 Å². The minimum absolute atomic E-state index is 0.0762. The van der Waals surface area contributed by atoms with E-state index in [9.17, 15) is 14.7 Å². The Morgan fingerprint density at radius 2 is 1.33 bits per heavy atom. The second-order valence-corrected chi connectivity index (χ2v) is 12.9. The summed E-state index contributed by atoms with van der Waals surface area (Å²) in [6.07, 6.45) is 0.836. The number of rotatable bonds is 8. The maximum absolute atomic E-state index is 13.7. The first kappa shape index (κ1) is 31.7. The van der Waals surface area contributed by atoms with E-state index < -0.39 is 0 Å². The van der Waals surface area contributed by atoms with E-state index in [4.69, 9.17) is 14.4 Å². The summed E-state index contributed by atoms with van der Waals surface area (Å²) in [5.41, 5.74) is 9.40. The van der Waals surface area contributed by atoms with Crippen LogP contribution in [0.4, 0.5) is 11.4 Å². The van der Waals surface area contributed by atoms with Crippen LogP contribution in [0.5, 0.6) is 5.75 Å². The van der Waals surface area contributed by atoms with Crippen molar-refractivity contribution >= 4 is 50.4 Å². The molecule has 250 valence electrons. The summed E-state index contributed by atoms with van der Waals surface area (Å²) in [5, 5.41) is 21.2. The molecule has 0 bridgehead atoms. The maximum atomic E-state index is 13.7. The smallest absolute Gasteiger partial charge is 0.187 e. The zero-order valence-corrected chi connectivity index (χ0v) is 28.4. The second kappa shape index (κ2) is 12.7. The van der Waals surface area contributed by atoms with Gasteiger partial charge in [-0.15, -0.1) is 0 Å². The molecule has 51 heavy (non-hydrogen) atoms. The van der Waals surface area contributed by atoms with Crippen molar-refractivity contribution in [2.45, 2.75) is 33.9 Å². The predicted molar refractivity (Wildman–Crippen MR) is 204 cm³/mol. The average molecular weight is 671 g/mol. The molecular weight excluding hydrogens is 636 g/mol. The zero-order chi connectivity index (χ0) is 35.2. The number of aromatic nitrogens is 2. The van der Waals surface area contributed by atoms with Crippen molar-refractivity contribution in [3.63, 3.8) is 0 Å². The summed E-state index contributed by atoms with van der Waals surface area (Å²) in [7, 11) is 0. The molecule has 0 fully saturated rings. The van der Waals surface area contributed by atoms with Gasteiger partial charge in [0, 0.05) is 57.3 Å². The number of nitrogens with zero attached hydrogens (tertiary/aromatic N) is 2. The van der Waals surface area contributed by atoms with Gasteiger partial charge in [0.1, 0.15) is 17.1 Å². The number of benzene rings is 5. The van der Waals surface area contributed by atoms with Crippen molar-refractivity contribution in [2.75, 3.05) is 10.6 Å². The summed E-state index contributed by atoms with van der Waals surface area (Å²) >= 11 is 0. The van der Waals surface area contributed by atoms with Gasteiger partial charge < -0.3 is 20.2 Å². The normalized spacial score (nSPS) is 11.4. The van der Waals surface area contributed by atoms with Gasteiger partial charge in [0.25, 0.3) is 0 Å². The third kappa shape index (κ3) is 5.60. The molecule has 0 unspecified atom stereocenters. The number of hydrogen-bond acceptors (Lipinski definition) is 8. The van der Waals surface area contributed by atoms with E-state index in [2.05, 4.69) is 10.6 Å². The fourth-order valence-corrected chi connectivity index (χ4v) is 6.92. The number of para-hydroxylation sites is 2. The quantitative estimate of drug-likeness (QED) is 0.108. The second-order valence-electron chi connectivity index (χ2n) is 12.9. The van der Waals surface area contributed by atoms with Crippen LogP contribution in [0.1, 0.15) is 38.4 Å². The van der Waals surface area contributed by atoms with Gasteiger partial charge >= 0.3 is 0 Å². The van der Waals surface area contributed by atoms with Gasteiger partial charge in [-0.1, -0.05) is 60.7 Å². The van der Waals surface area contributed by atoms with Crippen molar-refractivity contribution in [1.29, 1.82) is 0 Å². The number of hydrogen-bond donors (Lipinski definition) is 3. The largest absolute Gasteiger partial charge is 0.507 e. The van der Waals surface area contributed by atoms with Gasteiger partial charge in [0.05, 0.1) is 33.5 Å². The molecule has 6 aromatic rings. The molecule has 3 heterocycles. The van der Waals surface area contributed by atoms with Gasteiger partial charge in [-0.05, 0) is 74.4 Å². The first-order chi connectivity index (χ1) is 24.8. The molecule has 0 saturated carbocycles. The number of aldehydes is 1. The van der Waals surface area contributed by atoms with Crippen LogP contribution in [-0.4, -0.2) is 21.4 Å². The van der Waals surface area contributed by atoms with Crippen molar-refractivity contribution in [2.24, 2.45) is 0 Å². The van der Waals surface area contributed by atoms with Crippen molar-refractivity contribution in [3.05, 3.63) is 147 Å². The number of carbonyl (C=O) groups excluding carboxylic acids is 1. The lowest BCUT2D eigenvalue weighted by Crippen LogP contribution is -2.15. The standard InChI is InChI=1S/C43H34N4O4/c1-24-20-32-38(30-11-5-4-8-29(30)23-48)31-18-19-37(49)33(21-44-35-12-6-9-27-16-14-25(2)46-39(27)35)42(31)51-43(32)34(41(24)50)22-45-36-13-7-10-28-17-15-26(3)47-40(28)36/h4-20,23,44-45,50H,21-22H2,1-3H3. The minimum Gasteiger partial charge on any atom is -0.507 e. The summed E-state index contributed by atoms with van der Waals surface area (Å²) < 4.78 is 6.79. The van der Waals surface area contributed by atoms with Crippen molar-refractivity contribution in [3.8, 4) is 28.2 Å². The van der Waals surface area contributed by atoms with E-state index in [1.807, 2.05) is 106 Å². The Morgan fingerprint density at radius 3 is 1.98 bits per heavy atom. The summed E-state index contributed by atoms with van der Waals surface area (Å²) in [6, 6.07) is 32.4. The van der Waals surface area contributed by atoms with Gasteiger partial charge in [-0.2, -0.15) is 0 Å². The van der Waals surface area contributed by atoms with Crippen LogP contribution >= 0.6 is 0 Å². The molecule has 4 aromatic carbocycles. The Labute approximate surface area is 293 Å². The molecule has 2 aromatic heterocycles. The van der Waals surface area contributed by atoms with Gasteiger partial charge in [0.2, 0.25) is 0 Å². The highest BCUT2D eigenvalue weighted by Crippen LogP contribution is 2.45. The highest BCUT2D eigenvalue weighted by Gasteiger charge is 2.26. The predicted octanol–water partition coefficient (Wildman–Crippen LogP) is 9.33. The number of anilines is 2. The Balaban J connectivity index is 1.34. The molecule has 8 nitrogen and oxygen atoms in total. The Bertz CT molecular complexity index is 2700. The molecule has 0 amide bonds. The molecule has 3 N–H and O–H groups in total. The van der Waals surface area contributed by atoms with Gasteiger partial charge in [-0.25, -0.2) is 0 Å². The lowest BCUT2D eigenvalue weighted by molar-refractivity contribution is 0.112. The molecule has 8 heteroatoms. The van der Waals surface area contributed by atoms with E-state index in [0.717, 1.165) is 56.4 Å². The zero-order valence-electron chi connectivity index (χ0n) is 28.4. The van der Waals surface area contributed by atoms with Crippen molar-refractivity contribution < 1.29 is 14.3 Å². The molecule has 8 rings (SSSR count). The van der Waals surface area contributed by atoms with Crippen LogP contribution < -0.4 is 16.1 Å². The van der Waals surface area contributed by atoms with Crippen LogP contribution in [0.25, 0.3) is 55.2 Å². The third-order valence-corrected chi connectivity index (χ3v) is 9.49. The van der Waals surface area contributed by atoms with Crippen LogP contribution in [0.15, 0.2) is 112 Å². The molecule has 0 radical (unpaired) electrons. The lowest BCUT2D eigenvalue weighted by Gasteiger charge is -2.22. The van der Waals surface area contributed by atoms with E-state index in [-0.39, 0.29) is 24.3 Å². The molecule has 0 spiro atoms. The van der Waals surface area contributed by atoms with Crippen LogP contribution in [-0.2, 0) is 13.1 Å². The third-order valence-electron chi connectivity index (χ3n) is 9.49. The number of phenols is 1. The molecule has 1 aliphatic carbocycles. The Hall–Kier alpha value is -6.54. The topological polar surface area (TPSA) is 117 Å². The average Bonchev–Trinajstić information content (AvgIpc) is 3.14. The highest BCUT2D eigenvalue weighted by atomic mass is 16.3. The number of carbonyl (C=O) groups is 1. The van der Waals surface area contributed by atoms with Crippen molar-refractivity contribution in [1.82, 2.24) is 9.97 Å². The Kier molecular flexibility index (Phi) is 7.91. The lowest BCUT2D eigenvalue weighted by atomic mass is 9.88. The minimum atomic E-state index is -0.203. The number of aromatic hydroxyl groups is 1. The van der Waals surface area contributed by atoms with Crippen LogP contribution in [0, 0.1) is 20.8 Å². The summed E-state index contributed by atoms with van der Waals surface area (Å²) in [6.45, 7) is 6.10. The molecule has 1 aliphatic heterocycles. The van der Waals surface area contributed by atoms with E-state index in [1.54, 1.807) is 18.2 Å². The fraction of sp³-hybridized carbons (Fsp3) is 0.116. The van der Waals surface area contributed by atoms with E-state index in [0.29, 0.717) is 50.1 Å². The van der Waals surface area contributed by atoms with Crippen LogP contribution in [0.2, 0.25) is 0 Å². The summed E-state index contributed by atoms with van der Waals surface area (Å²) in [4.78, 5) is 35.6. The van der Waals surface area contributed by atoms with Gasteiger partial charge in [-0.3, -0.25) is 19.6 Å². The first-order valence-corrected chi connectivity index (χ1v) is 16.8.